The highest BCUT2D eigenvalue weighted by molar-refractivity contribution is 9.10. The van der Waals surface area contributed by atoms with E-state index in [0.29, 0.717) is 16.5 Å². The highest BCUT2D eigenvalue weighted by Gasteiger charge is 2.17. The maximum atomic E-state index is 12.5. The van der Waals surface area contributed by atoms with Gasteiger partial charge >= 0.3 is 5.97 Å². The monoisotopic (exact) mass is 460 g/mol. The fourth-order valence-electron chi connectivity index (χ4n) is 2.48. The number of esters is 1. The summed E-state index contributed by atoms with van der Waals surface area (Å²) in [7, 11) is 1.23. The fraction of sp³-hybridized carbons (Fsp3) is 0.190. The molecule has 2 aromatic carbocycles. The Bertz CT molecular complexity index is 956. The zero-order valence-electron chi connectivity index (χ0n) is 16.0. The van der Waals surface area contributed by atoms with Gasteiger partial charge in [0, 0.05) is 16.6 Å². The predicted octanol–water partition coefficient (Wildman–Crippen LogP) is 3.28. The molecule has 0 aromatic heterocycles. The van der Waals surface area contributed by atoms with Crippen molar-refractivity contribution in [1.29, 1.82) is 0 Å². The van der Waals surface area contributed by atoms with E-state index in [-0.39, 0.29) is 29.5 Å². The minimum Gasteiger partial charge on any atom is -0.508 e. The number of phenolic OH excluding ortho intramolecular Hbond substituents is 1. The molecule has 0 spiro atoms. The van der Waals surface area contributed by atoms with E-state index in [9.17, 15) is 19.5 Å². The van der Waals surface area contributed by atoms with E-state index in [1.807, 2.05) is 6.92 Å². The van der Waals surface area contributed by atoms with Crippen LogP contribution in [0.4, 0.5) is 0 Å². The van der Waals surface area contributed by atoms with Crippen molar-refractivity contribution in [3.63, 3.8) is 0 Å². The number of phenols is 1. The molecule has 0 aliphatic carbocycles. The van der Waals surface area contributed by atoms with Gasteiger partial charge in [-0.15, -0.1) is 0 Å². The number of allylic oxidation sites excluding steroid dienone is 1. The number of hydrogen-bond donors (Lipinski definition) is 3. The first kappa shape index (κ1) is 22.2. The van der Waals surface area contributed by atoms with Crippen molar-refractivity contribution >= 4 is 33.7 Å². The smallest absolute Gasteiger partial charge is 0.354 e. The molecule has 3 N–H and O–H groups in total. The third-order valence-corrected chi connectivity index (χ3v) is 4.56. The van der Waals surface area contributed by atoms with Crippen molar-refractivity contribution in [1.82, 2.24) is 10.6 Å². The molecule has 152 valence electrons. The number of rotatable bonds is 7. The average Bonchev–Trinajstić information content (AvgIpc) is 2.70. The van der Waals surface area contributed by atoms with Crippen LogP contribution >= 0.6 is 15.9 Å². The van der Waals surface area contributed by atoms with Crippen LogP contribution in [0.2, 0.25) is 0 Å². The third-order valence-electron chi connectivity index (χ3n) is 3.90. The van der Waals surface area contributed by atoms with Crippen molar-refractivity contribution in [2.75, 3.05) is 7.11 Å². The van der Waals surface area contributed by atoms with Crippen LogP contribution in [0.3, 0.4) is 0 Å². The van der Waals surface area contributed by atoms with E-state index in [4.69, 9.17) is 0 Å². The molecule has 0 aliphatic rings. The Morgan fingerprint density at radius 1 is 1.14 bits per heavy atom. The van der Waals surface area contributed by atoms with Crippen LogP contribution in [0, 0.1) is 0 Å². The molecule has 7 nitrogen and oxygen atoms in total. The number of nitrogens with one attached hydrogen (secondary N) is 2. The Hall–Kier alpha value is -3.13. The van der Waals surface area contributed by atoms with Crippen molar-refractivity contribution < 1.29 is 24.2 Å². The Morgan fingerprint density at radius 3 is 2.52 bits per heavy atom. The molecule has 0 saturated carbocycles. The summed E-state index contributed by atoms with van der Waals surface area (Å²) in [5, 5.41) is 14.7. The van der Waals surface area contributed by atoms with Crippen LogP contribution in [-0.4, -0.2) is 30.0 Å². The molecule has 8 heteroatoms. The number of ether oxygens (including phenoxy) is 1. The number of halogens is 1. The standard InChI is InChI=1S/C21H21BrN2O5/c1-3-5-18(21(28)29-2)24-20(27)16-9-8-14(11-17(16)22)19(26)23-12-13-6-4-7-15(25)10-13/h4-11,25H,3,12H2,1-2H3,(H,23,26)(H,24,27). The topological polar surface area (TPSA) is 105 Å². The molecular weight excluding hydrogens is 440 g/mol. The van der Waals surface area contributed by atoms with Gasteiger partial charge in [-0.05, 0) is 58.2 Å². The average molecular weight is 461 g/mol. The van der Waals surface area contributed by atoms with Gasteiger partial charge in [0.15, 0.2) is 0 Å². The fourth-order valence-corrected chi connectivity index (χ4v) is 3.04. The number of carbonyl (C=O) groups is 3. The second-order valence-corrected chi connectivity index (χ2v) is 6.87. The molecular formula is C21H21BrN2O5. The van der Waals surface area contributed by atoms with Gasteiger partial charge in [-0.3, -0.25) is 9.59 Å². The van der Waals surface area contributed by atoms with Gasteiger partial charge in [0.05, 0.1) is 12.7 Å². The first-order valence-electron chi connectivity index (χ1n) is 8.81. The number of carbonyl (C=O) groups excluding carboxylic acids is 3. The normalized spacial score (nSPS) is 10.9. The first-order valence-corrected chi connectivity index (χ1v) is 9.60. The molecule has 29 heavy (non-hydrogen) atoms. The molecule has 0 fully saturated rings. The molecule has 0 atom stereocenters. The van der Waals surface area contributed by atoms with E-state index in [2.05, 4.69) is 31.3 Å². The molecule has 0 radical (unpaired) electrons. The largest absolute Gasteiger partial charge is 0.508 e. The molecule has 0 unspecified atom stereocenters. The first-order chi connectivity index (χ1) is 13.8. The number of methoxy groups -OCH3 is 1. The lowest BCUT2D eigenvalue weighted by atomic mass is 10.1. The second kappa shape index (κ2) is 10.4. The minimum absolute atomic E-state index is 0.0554. The summed E-state index contributed by atoms with van der Waals surface area (Å²) in [5.41, 5.74) is 1.43. The van der Waals surface area contributed by atoms with Crippen LogP contribution in [0.5, 0.6) is 5.75 Å². The lowest BCUT2D eigenvalue weighted by Crippen LogP contribution is -2.28. The summed E-state index contributed by atoms with van der Waals surface area (Å²) >= 11 is 3.30. The summed E-state index contributed by atoms with van der Waals surface area (Å²) in [6, 6.07) is 11.1. The van der Waals surface area contributed by atoms with Gasteiger partial charge in [0.25, 0.3) is 11.8 Å². The highest BCUT2D eigenvalue weighted by Crippen LogP contribution is 2.19. The summed E-state index contributed by atoms with van der Waals surface area (Å²) in [6.07, 6.45) is 2.10. The van der Waals surface area contributed by atoms with Crippen molar-refractivity contribution in [3.8, 4) is 5.75 Å². The van der Waals surface area contributed by atoms with Gasteiger partial charge in [-0.1, -0.05) is 25.1 Å². The van der Waals surface area contributed by atoms with Crippen LogP contribution in [0.15, 0.2) is 58.7 Å². The molecule has 0 saturated heterocycles. The third kappa shape index (κ3) is 6.18. The quantitative estimate of drug-likeness (QED) is 0.434. The lowest BCUT2D eigenvalue weighted by molar-refractivity contribution is -0.136. The molecule has 0 aliphatic heterocycles. The van der Waals surface area contributed by atoms with E-state index < -0.39 is 11.9 Å². The maximum Gasteiger partial charge on any atom is 0.354 e. The second-order valence-electron chi connectivity index (χ2n) is 6.02. The van der Waals surface area contributed by atoms with Crippen LogP contribution in [0.1, 0.15) is 39.6 Å². The van der Waals surface area contributed by atoms with E-state index in [0.717, 1.165) is 5.56 Å². The van der Waals surface area contributed by atoms with Gasteiger partial charge in [-0.2, -0.15) is 0 Å². The SMILES string of the molecule is CCC=C(NC(=O)c1ccc(C(=O)NCc2cccc(O)c2)cc1Br)C(=O)OC. The Morgan fingerprint density at radius 2 is 1.90 bits per heavy atom. The van der Waals surface area contributed by atoms with E-state index in [1.165, 1.54) is 25.3 Å². The van der Waals surface area contributed by atoms with Gasteiger partial charge in [0.2, 0.25) is 0 Å². The zero-order valence-corrected chi connectivity index (χ0v) is 17.6. The van der Waals surface area contributed by atoms with Gasteiger partial charge in [0.1, 0.15) is 11.4 Å². The molecule has 0 heterocycles. The van der Waals surface area contributed by atoms with Crippen molar-refractivity contribution in [2.24, 2.45) is 0 Å². The highest BCUT2D eigenvalue weighted by atomic mass is 79.9. The van der Waals surface area contributed by atoms with Gasteiger partial charge < -0.3 is 20.5 Å². The Kier molecular flexibility index (Phi) is 7.97. The summed E-state index contributed by atoms with van der Waals surface area (Å²) < 4.78 is 5.05. The summed E-state index contributed by atoms with van der Waals surface area (Å²) in [5.74, 6) is -1.35. The summed E-state index contributed by atoms with van der Waals surface area (Å²) in [4.78, 5) is 36.6. The van der Waals surface area contributed by atoms with Crippen LogP contribution in [-0.2, 0) is 16.1 Å². The Labute approximate surface area is 176 Å². The maximum absolute atomic E-state index is 12.5. The minimum atomic E-state index is -0.640. The van der Waals surface area contributed by atoms with Crippen LogP contribution in [0.25, 0.3) is 0 Å². The number of aromatic hydroxyl groups is 1. The molecule has 2 amide bonds. The number of hydrogen-bond acceptors (Lipinski definition) is 5. The predicted molar refractivity (Wildman–Crippen MR) is 111 cm³/mol. The number of benzene rings is 2. The Balaban J connectivity index is 2.08. The van der Waals surface area contributed by atoms with E-state index >= 15 is 0 Å². The number of amides is 2. The zero-order chi connectivity index (χ0) is 21.4. The molecule has 0 bridgehead atoms. The van der Waals surface area contributed by atoms with E-state index in [1.54, 1.807) is 30.3 Å². The van der Waals surface area contributed by atoms with Gasteiger partial charge in [-0.25, -0.2) is 4.79 Å². The molecule has 2 aromatic rings. The molecule has 2 rings (SSSR count). The lowest BCUT2D eigenvalue weighted by Gasteiger charge is -2.11. The summed E-state index contributed by atoms with van der Waals surface area (Å²) in [6.45, 7) is 2.08. The van der Waals surface area contributed by atoms with Crippen molar-refractivity contribution in [2.45, 2.75) is 19.9 Å². The van der Waals surface area contributed by atoms with Crippen LogP contribution < -0.4 is 10.6 Å². The van der Waals surface area contributed by atoms with Crippen molar-refractivity contribution in [3.05, 3.63) is 75.4 Å².